The van der Waals surface area contributed by atoms with Gasteiger partial charge >= 0.3 is 12.1 Å². The summed E-state index contributed by atoms with van der Waals surface area (Å²) < 4.78 is 51.3. The standard InChI is InChI=1S/C13H13F4NO2/c14-10-7-8(13(15,16)17)1-4-11(10)18(9-2-3-9)6-5-12(19)20/h1,4,7,9H,2-3,5-6H2,(H,19,20). The number of anilines is 1. The number of rotatable bonds is 5. The lowest BCUT2D eigenvalue weighted by atomic mass is 10.1. The number of carboxylic acid groups (broad SMARTS) is 1. The van der Waals surface area contributed by atoms with Crippen LogP contribution >= 0.6 is 0 Å². The molecule has 7 heteroatoms. The Morgan fingerprint density at radius 1 is 1.35 bits per heavy atom. The van der Waals surface area contributed by atoms with Crippen LogP contribution in [0.15, 0.2) is 18.2 Å². The average molecular weight is 291 g/mol. The topological polar surface area (TPSA) is 40.5 Å². The zero-order chi connectivity index (χ0) is 14.9. The van der Waals surface area contributed by atoms with Crippen LogP contribution in [0.1, 0.15) is 24.8 Å². The third-order valence-corrected chi connectivity index (χ3v) is 3.14. The van der Waals surface area contributed by atoms with E-state index in [-0.39, 0.29) is 24.7 Å². The summed E-state index contributed by atoms with van der Waals surface area (Å²) in [6.07, 6.45) is -3.19. The predicted molar refractivity (Wildman–Crippen MR) is 64.0 cm³/mol. The summed E-state index contributed by atoms with van der Waals surface area (Å²) in [5.74, 6) is -2.00. The Kier molecular flexibility index (Phi) is 3.87. The predicted octanol–water partition coefficient (Wildman–Crippen LogP) is 3.29. The molecule has 2 rings (SSSR count). The number of carboxylic acids is 1. The van der Waals surface area contributed by atoms with Gasteiger partial charge in [0.15, 0.2) is 0 Å². The van der Waals surface area contributed by atoms with Gasteiger partial charge in [0, 0.05) is 12.6 Å². The highest BCUT2D eigenvalue weighted by atomic mass is 19.4. The molecule has 1 fully saturated rings. The van der Waals surface area contributed by atoms with Gasteiger partial charge in [-0.05, 0) is 31.0 Å². The molecular weight excluding hydrogens is 278 g/mol. The number of halogens is 4. The number of alkyl halides is 3. The van der Waals surface area contributed by atoms with Gasteiger partial charge in [0.1, 0.15) is 5.82 Å². The smallest absolute Gasteiger partial charge is 0.416 e. The van der Waals surface area contributed by atoms with Crippen molar-refractivity contribution in [2.24, 2.45) is 0 Å². The van der Waals surface area contributed by atoms with Crippen molar-refractivity contribution >= 4 is 11.7 Å². The van der Waals surface area contributed by atoms with E-state index in [9.17, 15) is 22.4 Å². The van der Waals surface area contributed by atoms with Gasteiger partial charge in [0.25, 0.3) is 0 Å². The first-order chi connectivity index (χ1) is 9.29. The Labute approximate surface area is 112 Å². The molecule has 0 amide bonds. The minimum atomic E-state index is -4.59. The summed E-state index contributed by atoms with van der Waals surface area (Å²) >= 11 is 0. The minimum Gasteiger partial charge on any atom is -0.481 e. The Morgan fingerprint density at radius 2 is 2.00 bits per heavy atom. The summed E-state index contributed by atoms with van der Waals surface area (Å²) in [6.45, 7) is 0.0856. The van der Waals surface area contributed by atoms with Gasteiger partial charge in [-0.25, -0.2) is 4.39 Å². The van der Waals surface area contributed by atoms with Gasteiger partial charge in [-0.2, -0.15) is 13.2 Å². The van der Waals surface area contributed by atoms with E-state index in [4.69, 9.17) is 5.11 Å². The third-order valence-electron chi connectivity index (χ3n) is 3.14. The molecule has 0 heterocycles. The molecule has 3 nitrogen and oxygen atoms in total. The molecule has 110 valence electrons. The Hall–Kier alpha value is -1.79. The van der Waals surface area contributed by atoms with Crippen LogP contribution in [-0.4, -0.2) is 23.7 Å². The highest BCUT2D eigenvalue weighted by Gasteiger charge is 2.34. The molecule has 0 unspecified atom stereocenters. The Bertz CT molecular complexity index is 512. The fourth-order valence-corrected chi connectivity index (χ4v) is 2.02. The zero-order valence-electron chi connectivity index (χ0n) is 10.5. The van der Waals surface area contributed by atoms with Crippen LogP contribution in [0.5, 0.6) is 0 Å². The molecule has 1 aromatic carbocycles. The van der Waals surface area contributed by atoms with E-state index in [1.54, 1.807) is 0 Å². The van der Waals surface area contributed by atoms with Gasteiger partial charge in [-0.15, -0.1) is 0 Å². The normalized spacial score (nSPS) is 15.2. The zero-order valence-corrected chi connectivity index (χ0v) is 10.5. The minimum absolute atomic E-state index is 0.0144. The Morgan fingerprint density at radius 3 is 2.45 bits per heavy atom. The van der Waals surface area contributed by atoms with E-state index < -0.39 is 23.5 Å². The molecule has 0 spiro atoms. The largest absolute Gasteiger partial charge is 0.481 e. The molecule has 0 aliphatic heterocycles. The molecule has 0 bridgehead atoms. The molecule has 20 heavy (non-hydrogen) atoms. The Balaban J connectivity index is 2.23. The average Bonchev–Trinajstić information content (AvgIpc) is 3.13. The van der Waals surface area contributed by atoms with Gasteiger partial charge < -0.3 is 10.0 Å². The van der Waals surface area contributed by atoms with Crippen molar-refractivity contribution in [1.82, 2.24) is 0 Å². The van der Waals surface area contributed by atoms with Crippen molar-refractivity contribution in [2.75, 3.05) is 11.4 Å². The van der Waals surface area contributed by atoms with Gasteiger partial charge in [-0.3, -0.25) is 4.79 Å². The van der Waals surface area contributed by atoms with E-state index in [2.05, 4.69) is 0 Å². The monoisotopic (exact) mass is 291 g/mol. The fourth-order valence-electron chi connectivity index (χ4n) is 2.02. The maximum Gasteiger partial charge on any atom is 0.416 e. The molecule has 1 aromatic rings. The number of aliphatic carboxylic acids is 1. The van der Waals surface area contributed by atoms with Gasteiger partial charge in [0.05, 0.1) is 17.7 Å². The van der Waals surface area contributed by atoms with E-state index in [1.165, 1.54) is 4.90 Å². The van der Waals surface area contributed by atoms with Gasteiger partial charge in [0.2, 0.25) is 0 Å². The first-order valence-electron chi connectivity index (χ1n) is 6.14. The lowest BCUT2D eigenvalue weighted by Crippen LogP contribution is -2.29. The molecule has 0 aromatic heterocycles. The highest BCUT2D eigenvalue weighted by molar-refractivity contribution is 5.68. The lowest BCUT2D eigenvalue weighted by molar-refractivity contribution is -0.138. The molecule has 0 saturated heterocycles. The number of benzene rings is 1. The van der Waals surface area contributed by atoms with Crippen molar-refractivity contribution < 1.29 is 27.5 Å². The molecule has 1 N–H and O–H groups in total. The van der Waals surface area contributed by atoms with Crippen molar-refractivity contribution in [2.45, 2.75) is 31.5 Å². The first kappa shape index (κ1) is 14.6. The van der Waals surface area contributed by atoms with E-state index in [0.717, 1.165) is 25.0 Å². The van der Waals surface area contributed by atoms with Crippen LogP contribution in [0.2, 0.25) is 0 Å². The summed E-state index contributed by atoms with van der Waals surface area (Å²) in [5, 5.41) is 8.66. The first-order valence-corrected chi connectivity index (χ1v) is 6.14. The quantitative estimate of drug-likeness (QED) is 0.846. The molecule has 1 aliphatic carbocycles. The van der Waals surface area contributed by atoms with E-state index in [1.807, 2.05) is 0 Å². The number of hydrogen-bond acceptors (Lipinski definition) is 2. The second-order valence-corrected chi connectivity index (χ2v) is 4.73. The summed E-state index contributed by atoms with van der Waals surface area (Å²) in [6, 6.07) is 2.35. The number of hydrogen-bond donors (Lipinski definition) is 1. The third kappa shape index (κ3) is 3.40. The SMILES string of the molecule is O=C(O)CCN(c1ccc(C(F)(F)F)cc1F)C1CC1. The summed E-state index contributed by atoms with van der Waals surface area (Å²) in [5.41, 5.74) is -1.02. The fraction of sp³-hybridized carbons (Fsp3) is 0.462. The van der Waals surface area contributed by atoms with Crippen LogP contribution in [0.3, 0.4) is 0 Å². The second-order valence-electron chi connectivity index (χ2n) is 4.73. The number of carbonyl (C=O) groups is 1. The van der Waals surface area contributed by atoms with Crippen LogP contribution in [0.25, 0.3) is 0 Å². The van der Waals surface area contributed by atoms with Crippen LogP contribution in [-0.2, 0) is 11.0 Å². The summed E-state index contributed by atoms with van der Waals surface area (Å²) in [4.78, 5) is 12.1. The maximum atomic E-state index is 13.9. The second kappa shape index (κ2) is 5.30. The van der Waals surface area contributed by atoms with Gasteiger partial charge in [-0.1, -0.05) is 0 Å². The molecular formula is C13H13F4NO2. The number of nitrogens with zero attached hydrogens (tertiary/aromatic N) is 1. The van der Waals surface area contributed by atoms with E-state index in [0.29, 0.717) is 6.07 Å². The van der Waals surface area contributed by atoms with Crippen molar-refractivity contribution in [1.29, 1.82) is 0 Å². The van der Waals surface area contributed by atoms with E-state index >= 15 is 0 Å². The maximum absolute atomic E-state index is 13.9. The molecule has 0 radical (unpaired) electrons. The highest BCUT2D eigenvalue weighted by Crippen LogP contribution is 2.36. The van der Waals surface area contributed by atoms with Crippen LogP contribution < -0.4 is 4.90 Å². The van der Waals surface area contributed by atoms with Crippen molar-refractivity contribution in [3.63, 3.8) is 0 Å². The van der Waals surface area contributed by atoms with Crippen LogP contribution in [0, 0.1) is 5.82 Å². The summed E-state index contributed by atoms with van der Waals surface area (Å²) in [7, 11) is 0. The lowest BCUT2D eigenvalue weighted by Gasteiger charge is -2.25. The van der Waals surface area contributed by atoms with Crippen molar-refractivity contribution in [3.05, 3.63) is 29.6 Å². The van der Waals surface area contributed by atoms with Crippen molar-refractivity contribution in [3.8, 4) is 0 Å². The van der Waals surface area contributed by atoms with Crippen LogP contribution in [0.4, 0.5) is 23.2 Å². The molecule has 1 saturated carbocycles. The molecule has 1 aliphatic rings. The molecule has 0 atom stereocenters.